The van der Waals surface area contributed by atoms with Gasteiger partial charge in [-0.15, -0.1) is 0 Å². The van der Waals surface area contributed by atoms with E-state index >= 15 is 0 Å². The van der Waals surface area contributed by atoms with Crippen LogP contribution in [0, 0.1) is 0 Å². The Hall–Kier alpha value is -1.82. The highest BCUT2D eigenvalue weighted by Crippen LogP contribution is 2.28. The standard InChI is InChI=1S/C12H16N2O3S/c1-14(2)11(15)7-17-9-5-4-8(12(13)18)6-10(9)16-3/h4-6H,7H2,1-3H3,(H2,13,18). The number of carbonyl (C=O) groups is 1. The van der Waals surface area contributed by atoms with E-state index in [4.69, 9.17) is 27.4 Å². The molecule has 0 saturated carbocycles. The molecule has 0 aliphatic rings. The summed E-state index contributed by atoms with van der Waals surface area (Å²) in [6, 6.07) is 5.08. The fraction of sp³-hybridized carbons (Fsp3) is 0.333. The Morgan fingerprint density at radius 3 is 2.56 bits per heavy atom. The monoisotopic (exact) mass is 268 g/mol. The lowest BCUT2D eigenvalue weighted by Gasteiger charge is -2.14. The van der Waals surface area contributed by atoms with Gasteiger partial charge in [0.2, 0.25) is 0 Å². The number of nitrogens with two attached hydrogens (primary N) is 1. The normalized spacial score (nSPS) is 9.72. The maximum Gasteiger partial charge on any atom is 0.259 e. The molecule has 0 atom stereocenters. The average Bonchev–Trinajstić information content (AvgIpc) is 2.35. The van der Waals surface area contributed by atoms with Gasteiger partial charge in [-0.1, -0.05) is 12.2 Å². The topological polar surface area (TPSA) is 64.8 Å². The van der Waals surface area contributed by atoms with Crippen molar-refractivity contribution < 1.29 is 14.3 Å². The minimum Gasteiger partial charge on any atom is -0.493 e. The Morgan fingerprint density at radius 1 is 1.39 bits per heavy atom. The van der Waals surface area contributed by atoms with Gasteiger partial charge in [-0.05, 0) is 18.2 Å². The van der Waals surface area contributed by atoms with E-state index in [9.17, 15) is 4.79 Å². The third-order valence-corrected chi connectivity index (χ3v) is 2.53. The molecule has 1 aromatic rings. The summed E-state index contributed by atoms with van der Waals surface area (Å²) < 4.78 is 10.5. The molecule has 5 nitrogen and oxygen atoms in total. The molecule has 2 N–H and O–H groups in total. The van der Waals surface area contributed by atoms with E-state index < -0.39 is 0 Å². The maximum atomic E-state index is 11.4. The molecule has 1 aromatic carbocycles. The summed E-state index contributed by atoms with van der Waals surface area (Å²) in [6.45, 7) is -0.0459. The second-order valence-electron chi connectivity index (χ2n) is 3.81. The van der Waals surface area contributed by atoms with Crippen molar-refractivity contribution in [2.24, 2.45) is 5.73 Å². The van der Waals surface area contributed by atoms with Gasteiger partial charge in [0.25, 0.3) is 5.91 Å². The lowest BCUT2D eigenvalue weighted by atomic mass is 10.2. The van der Waals surface area contributed by atoms with E-state index in [1.165, 1.54) is 12.0 Å². The molecule has 18 heavy (non-hydrogen) atoms. The first-order valence-electron chi connectivity index (χ1n) is 5.26. The SMILES string of the molecule is COc1cc(C(N)=S)ccc1OCC(=O)N(C)C. The second kappa shape index (κ2) is 6.20. The van der Waals surface area contributed by atoms with Gasteiger partial charge in [0, 0.05) is 19.7 Å². The number of methoxy groups -OCH3 is 1. The van der Waals surface area contributed by atoms with E-state index in [1.54, 1.807) is 32.3 Å². The van der Waals surface area contributed by atoms with E-state index in [2.05, 4.69) is 0 Å². The molecule has 6 heteroatoms. The number of amides is 1. The predicted octanol–water partition coefficient (Wildman–Crippen LogP) is 0.796. The minimum absolute atomic E-state index is 0.0459. The first-order chi connectivity index (χ1) is 8.45. The van der Waals surface area contributed by atoms with E-state index in [0.717, 1.165) is 0 Å². The number of nitrogens with zero attached hydrogens (tertiary/aromatic N) is 1. The third-order valence-electron chi connectivity index (χ3n) is 2.30. The van der Waals surface area contributed by atoms with Crippen molar-refractivity contribution in [3.63, 3.8) is 0 Å². The van der Waals surface area contributed by atoms with Gasteiger partial charge in [-0.25, -0.2) is 0 Å². The summed E-state index contributed by atoms with van der Waals surface area (Å²) in [7, 11) is 4.84. The van der Waals surface area contributed by atoms with Crippen LogP contribution in [0.2, 0.25) is 0 Å². The van der Waals surface area contributed by atoms with Crippen molar-refractivity contribution in [1.82, 2.24) is 4.90 Å². The highest BCUT2D eigenvalue weighted by atomic mass is 32.1. The summed E-state index contributed by atoms with van der Waals surface area (Å²) in [6.07, 6.45) is 0. The molecule has 0 radical (unpaired) electrons. The van der Waals surface area contributed by atoms with Crippen LogP contribution in [0.4, 0.5) is 0 Å². The van der Waals surface area contributed by atoms with Crippen molar-refractivity contribution >= 4 is 23.1 Å². The van der Waals surface area contributed by atoms with Gasteiger partial charge < -0.3 is 20.1 Å². The minimum atomic E-state index is -0.129. The fourth-order valence-corrected chi connectivity index (χ4v) is 1.34. The van der Waals surface area contributed by atoms with Crippen LogP contribution < -0.4 is 15.2 Å². The number of ether oxygens (including phenoxy) is 2. The molecule has 0 aromatic heterocycles. The smallest absolute Gasteiger partial charge is 0.259 e. The average molecular weight is 268 g/mol. The third kappa shape index (κ3) is 3.59. The summed E-state index contributed by atoms with van der Waals surface area (Å²) >= 11 is 4.87. The van der Waals surface area contributed by atoms with Crippen molar-refractivity contribution in [2.45, 2.75) is 0 Å². The summed E-state index contributed by atoms with van der Waals surface area (Å²) in [5, 5.41) is 0. The predicted molar refractivity (Wildman–Crippen MR) is 73.1 cm³/mol. The zero-order chi connectivity index (χ0) is 13.7. The summed E-state index contributed by atoms with van der Waals surface area (Å²) in [5.41, 5.74) is 6.21. The Balaban J connectivity index is 2.83. The molecule has 0 aliphatic heterocycles. The number of benzene rings is 1. The van der Waals surface area contributed by atoms with Crippen LogP contribution in [0.25, 0.3) is 0 Å². The second-order valence-corrected chi connectivity index (χ2v) is 4.25. The first-order valence-corrected chi connectivity index (χ1v) is 5.67. The van der Waals surface area contributed by atoms with Gasteiger partial charge in [0.15, 0.2) is 18.1 Å². The van der Waals surface area contributed by atoms with Gasteiger partial charge in [0.05, 0.1) is 7.11 Å². The highest BCUT2D eigenvalue weighted by Gasteiger charge is 2.10. The van der Waals surface area contributed by atoms with E-state index in [1.807, 2.05) is 0 Å². The molecule has 0 aliphatic carbocycles. The van der Waals surface area contributed by atoms with Crippen molar-refractivity contribution in [3.8, 4) is 11.5 Å². The maximum absolute atomic E-state index is 11.4. The van der Waals surface area contributed by atoms with Crippen molar-refractivity contribution in [1.29, 1.82) is 0 Å². The molecule has 1 amide bonds. The van der Waals surface area contributed by atoms with Crippen LogP contribution in [0.15, 0.2) is 18.2 Å². The van der Waals surface area contributed by atoms with Crippen molar-refractivity contribution in [2.75, 3.05) is 27.8 Å². The van der Waals surface area contributed by atoms with Crippen LogP contribution in [0.5, 0.6) is 11.5 Å². The molecule has 1 rings (SSSR count). The number of rotatable bonds is 5. The van der Waals surface area contributed by atoms with Gasteiger partial charge in [-0.3, -0.25) is 4.79 Å². The first kappa shape index (κ1) is 14.2. The molecule has 0 fully saturated rings. The zero-order valence-corrected chi connectivity index (χ0v) is 11.4. The van der Waals surface area contributed by atoms with Gasteiger partial charge in [-0.2, -0.15) is 0 Å². The summed E-state index contributed by atoms with van der Waals surface area (Å²) in [4.78, 5) is 13.1. The van der Waals surface area contributed by atoms with Gasteiger partial charge in [0.1, 0.15) is 4.99 Å². The largest absolute Gasteiger partial charge is 0.493 e. The number of hydrogen-bond acceptors (Lipinski definition) is 4. The van der Waals surface area contributed by atoms with Crippen LogP contribution in [0.1, 0.15) is 5.56 Å². The molecule has 98 valence electrons. The zero-order valence-electron chi connectivity index (χ0n) is 10.6. The summed E-state index contributed by atoms with van der Waals surface area (Å²) in [5.74, 6) is 0.843. The molecule has 0 saturated heterocycles. The van der Waals surface area contributed by atoms with Gasteiger partial charge >= 0.3 is 0 Å². The number of likely N-dealkylation sites (N-methyl/N-ethyl adjacent to an activating group) is 1. The van der Waals surface area contributed by atoms with Crippen molar-refractivity contribution in [3.05, 3.63) is 23.8 Å². The molecule has 0 heterocycles. The molecule has 0 unspecified atom stereocenters. The van der Waals surface area contributed by atoms with E-state index in [-0.39, 0.29) is 17.5 Å². The van der Waals surface area contributed by atoms with Crippen LogP contribution >= 0.6 is 12.2 Å². The Bertz CT molecular complexity index is 461. The van der Waals surface area contributed by atoms with Crippen LogP contribution in [0.3, 0.4) is 0 Å². The number of thiocarbonyl (C=S) groups is 1. The van der Waals surface area contributed by atoms with Crippen LogP contribution in [-0.4, -0.2) is 43.6 Å². The fourth-order valence-electron chi connectivity index (χ4n) is 1.21. The van der Waals surface area contributed by atoms with E-state index in [0.29, 0.717) is 17.1 Å². The number of hydrogen-bond donors (Lipinski definition) is 1. The molecular weight excluding hydrogens is 252 g/mol. The molecular formula is C12H16N2O3S. The Kier molecular flexibility index (Phi) is 4.91. The lowest BCUT2D eigenvalue weighted by Crippen LogP contribution is -2.27. The quantitative estimate of drug-likeness (QED) is 0.800. The molecule has 0 bridgehead atoms. The Morgan fingerprint density at radius 2 is 2.06 bits per heavy atom. The Labute approximate surface area is 111 Å². The van der Waals surface area contributed by atoms with Crippen LogP contribution in [-0.2, 0) is 4.79 Å². The number of carbonyl (C=O) groups excluding carboxylic acids is 1. The molecule has 0 spiro atoms. The highest BCUT2D eigenvalue weighted by molar-refractivity contribution is 7.80. The lowest BCUT2D eigenvalue weighted by molar-refractivity contribution is -0.130.